The number of nitrogens with zero attached hydrogens (tertiary/aromatic N) is 1. The van der Waals surface area contributed by atoms with Crippen LogP contribution in [0.25, 0.3) is 0 Å². The first-order valence-corrected chi connectivity index (χ1v) is 6.21. The van der Waals surface area contributed by atoms with Crippen molar-refractivity contribution >= 4 is 11.4 Å². The van der Waals surface area contributed by atoms with Gasteiger partial charge < -0.3 is 10.6 Å². The molecule has 2 nitrogen and oxygen atoms in total. The van der Waals surface area contributed by atoms with Crippen molar-refractivity contribution in [3.05, 3.63) is 59.2 Å². The van der Waals surface area contributed by atoms with E-state index in [1.54, 1.807) is 0 Å². The SMILES string of the molecule is Nc1ccc2c(c1)CCN2Cc1cc(F)ccc1F. The highest BCUT2D eigenvalue weighted by molar-refractivity contribution is 5.63. The van der Waals surface area contributed by atoms with Gasteiger partial charge in [-0.05, 0) is 48.4 Å². The predicted molar refractivity (Wildman–Crippen MR) is 72.0 cm³/mol. The molecule has 0 saturated heterocycles. The number of hydrogen-bond donors (Lipinski definition) is 1. The van der Waals surface area contributed by atoms with Gasteiger partial charge in [0.1, 0.15) is 11.6 Å². The van der Waals surface area contributed by atoms with Crippen molar-refractivity contribution in [1.82, 2.24) is 0 Å². The van der Waals surface area contributed by atoms with Gasteiger partial charge >= 0.3 is 0 Å². The van der Waals surface area contributed by atoms with E-state index >= 15 is 0 Å². The van der Waals surface area contributed by atoms with Crippen LogP contribution in [0.1, 0.15) is 11.1 Å². The minimum atomic E-state index is -0.409. The van der Waals surface area contributed by atoms with E-state index in [4.69, 9.17) is 5.73 Å². The second-order valence-electron chi connectivity index (χ2n) is 4.80. The van der Waals surface area contributed by atoms with Crippen LogP contribution in [0.4, 0.5) is 20.2 Å². The van der Waals surface area contributed by atoms with E-state index in [1.165, 1.54) is 12.1 Å². The number of nitrogen functional groups attached to an aromatic ring is 1. The van der Waals surface area contributed by atoms with Crippen LogP contribution in [0.3, 0.4) is 0 Å². The van der Waals surface area contributed by atoms with Crippen molar-refractivity contribution in [2.45, 2.75) is 13.0 Å². The maximum absolute atomic E-state index is 13.6. The maximum atomic E-state index is 13.6. The Labute approximate surface area is 110 Å². The van der Waals surface area contributed by atoms with Gasteiger partial charge in [-0.3, -0.25) is 0 Å². The van der Waals surface area contributed by atoms with E-state index in [9.17, 15) is 8.78 Å². The van der Waals surface area contributed by atoms with Gasteiger partial charge in [-0.2, -0.15) is 0 Å². The van der Waals surface area contributed by atoms with E-state index in [-0.39, 0.29) is 5.82 Å². The molecule has 2 N–H and O–H groups in total. The van der Waals surface area contributed by atoms with Crippen LogP contribution >= 0.6 is 0 Å². The van der Waals surface area contributed by atoms with Gasteiger partial charge in [0.25, 0.3) is 0 Å². The topological polar surface area (TPSA) is 29.3 Å². The molecule has 0 aliphatic carbocycles. The lowest BCUT2D eigenvalue weighted by atomic mass is 10.1. The summed E-state index contributed by atoms with van der Waals surface area (Å²) in [5.41, 5.74) is 9.08. The molecule has 2 aromatic rings. The number of anilines is 2. The summed E-state index contributed by atoms with van der Waals surface area (Å²) in [6, 6.07) is 9.28. The molecular weight excluding hydrogens is 246 g/mol. The van der Waals surface area contributed by atoms with Crippen LogP contribution < -0.4 is 10.6 Å². The van der Waals surface area contributed by atoms with E-state index in [2.05, 4.69) is 0 Å². The highest BCUT2D eigenvalue weighted by Gasteiger charge is 2.20. The molecule has 98 valence electrons. The van der Waals surface area contributed by atoms with Crippen molar-refractivity contribution in [3.63, 3.8) is 0 Å². The van der Waals surface area contributed by atoms with Crippen molar-refractivity contribution < 1.29 is 8.78 Å². The average Bonchev–Trinajstić information content (AvgIpc) is 2.76. The number of halogens is 2. The lowest BCUT2D eigenvalue weighted by molar-refractivity contribution is 0.582. The smallest absolute Gasteiger partial charge is 0.128 e. The normalized spacial score (nSPS) is 13.7. The molecule has 0 spiro atoms. The van der Waals surface area contributed by atoms with Gasteiger partial charge in [-0.1, -0.05) is 0 Å². The first-order valence-electron chi connectivity index (χ1n) is 6.21. The Bertz CT molecular complexity index is 626. The molecule has 0 saturated carbocycles. The first-order chi connectivity index (χ1) is 9.13. The zero-order valence-electron chi connectivity index (χ0n) is 10.4. The molecule has 0 unspecified atom stereocenters. The van der Waals surface area contributed by atoms with Gasteiger partial charge in [0.05, 0.1) is 0 Å². The first kappa shape index (κ1) is 12.0. The summed E-state index contributed by atoms with van der Waals surface area (Å²) < 4.78 is 26.8. The fourth-order valence-electron chi connectivity index (χ4n) is 2.52. The number of nitrogens with two attached hydrogens (primary N) is 1. The summed E-state index contributed by atoms with van der Waals surface area (Å²) in [4.78, 5) is 2.05. The maximum Gasteiger partial charge on any atom is 0.128 e. The van der Waals surface area contributed by atoms with E-state index in [0.717, 1.165) is 36.0 Å². The molecule has 0 amide bonds. The number of fused-ring (bicyclic) bond motifs is 1. The molecule has 0 fully saturated rings. The van der Waals surface area contributed by atoms with Gasteiger partial charge in [0.2, 0.25) is 0 Å². The fraction of sp³-hybridized carbons (Fsp3) is 0.200. The zero-order valence-corrected chi connectivity index (χ0v) is 10.4. The van der Waals surface area contributed by atoms with Crippen LogP contribution in [0.5, 0.6) is 0 Å². The summed E-state index contributed by atoms with van der Waals surface area (Å²) >= 11 is 0. The molecular formula is C15H14F2N2. The Hall–Kier alpha value is -2.10. The Balaban J connectivity index is 1.88. The van der Waals surface area contributed by atoms with Crippen LogP contribution in [0, 0.1) is 11.6 Å². The Morgan fingerprint density at radius 2 is 1.95 bits per heavy atom. The summed E-state index contributed by atoms with van der Waals surface area (Å²) in [5, 5.41) is 0. The van der Waals surface area contributed by atoms with Gasteiger partial charge in [0.15, 0.2) is 0 Å². The van der Waals surface area contributed by atoms with E-state index in [1.807, 2.05) is 23.1 Å². The Morgan fingerprint density at radius 3 is 2.79 bits per heavy atom. The molecule has 0 bridgehead atoms. The van der Waals surface area contributed by atoms with E-state index < -0.39 is 5.82 Å². The fourth-order valence-corrected chi connectivity index (χ4v) is 2.52. The quantitative estimate of drug-likeness (QED) is 0.841. The largest absolute Gasteiger partial charge is 0.399 e. The van der Waals surface area contributed by atoms with Crippen molar-refractivity contribution in [2.75, 3.05) is 17.2 Å². The molecule has 0 aromatic heterocycles. The molecule has 1 heterocycles. The van der Waals surface area contributed by atoms with Crippen molar-refractivity contribution in [1.29, 1.82) is 0 Å². The molecule has 4 heteroatoms. The summed E-state index contributed by atoms with van der Waals surface area (Å²) in [6.45, 7) is 1.18. The minimum Gasteiger partial charge on any atom is -0.399 e. The van der Waals surface area contributed by atoms with Gasteiger partial charge in [-0.15, -0.1) is 0 Å². The molecule has 1 aliphatic heterocycles. The molecule has 0 atom stereocenters. The van der Waals surface area contributed by atoms with E-state index in [0.29, 0.717) is 12.1 Å². The molecule has 1 aliphatic rings. The predicted octanol–water partition coefficient (Wildman–Crippen LogP) is 3.11. The number of benzene rings is 2. The third-order valence-corrected chi connectivity index (χ3v) is 3.46. The highest BCUT2D eigenvalue weighted by Crippen LogP contribution is 2.31. The number of hydrogen-bond acceptors (Lipinski definition) is 2. The minimum absolute atomic E-state index is 0.370. The second kappa shape index (κ2) is 4.53. The van der Waals surface area contributed by atoms with Gasteiger partial charge in [0, 0.05) is 30.0 Å². The second-order valence-corrected chi connectivity index (χ2v) is 4.80. The lowest BCUT2D eigenvalue weighted by Gasteiger charge is -2.20. The monoisotopic (exact) mass is 260 g/mol. The van der Waals surface area contributed by atoms with Gasteiger partial charge in [-0.25, -0.2) is 8.78 Å². The average molecular weight is 260 g/mol. The van der Waals surface area contributed by atoms with Crippen LogP contribution in [0.15, 0.2) is 36.4 Å². The van der Waals surface area contributed by atoms with Crippen LogP contribution in [0.2, 0.25) is 0 Å². The Morgan fingerprint density at radius 1 is 1.11 bits per heavy atom. The van der Waals surface area contributed by atoms with Crippen LogP contribution in [-0.2, 0) is 13.0 Å². The highest BCUT2D eigenvalue weighted by atomic mass is 19.1. The standard InChI is InChI=1S/C15H14F2N2/c16-12-1-3-14(17)11(7-12)9-19-6-5-10-8-13(18)2-4-15(10)19/h1-4,7-8H,5-6,9,18H2. The third-order valence-electron chi connectivity index (χ3n) is 3.46. The summed E-state index contributed by atoms with van der Waals surface area (Å²) in [6.07, 6.45) is 0.886. The molecule has 2 aromatic carbocycles. The lowest BCUT2D eigenvalue weighted by Crippen LogP contribution is -2.20. The van der Waals surface area contributed by atoms with Crippen molar-refractivity contribution in [3.8, 4) is 0 Å². The summed E-state index contributed by atoms with van der Waals surface area (Å²) in [5.74, 6) is -0.779. The Kier molecular flexibility index (Phi) is 2.85. The molecule has 3 rings (SSSR count). The third kappa shape index (κ3) is 2.26. The van der Waals surface area contributed by atoms with Crippen molar-refractivity contribution in [2.24, 2.45) is 0 Å². The number of rotatable bonds is 2. The molecule has 0 radical (unpaired) electrons. The molecule has 19 heavy (non-hydrogen) atoms. The van der Waals surface area contributed by atoms with Crippen LogP contribution in [-0.4, -0.2) is 6.54 Å². The zero-order chi connectivity index (χ0) is 13.4. The summed E-state index contributed by atoms with van der Waals surface area (Å²) in [7, 11) is 0.